The summed E-state index contributed by atoms with van der Waals surface area (Å²) in [5.74, 6) is -2.69. The second kappa shape index (κ2) is 17.7. The minimum atomic E-state index is -4.12. The van der Waals surface area contributed by atoms with Crippen LogP contribution in [0.4, 0.5) is 0 Å². The molecule has 0 aliphatic carbocycles. The Morgan fingerprint density at radius 2 is 0.829 bits per heavy atom. The van der Waals surface area contributed by atoms with Gasteiger partial charge in [0.2, 0.25) is 0 Å². The molecule has 0 aromatic carbocycles. The highest BCUT2D eigenvalue weighted by atomic mass is 31.2. The maximum absolute atomic E-state index is 12.8. The predicted octanol–water partition coefficient (Wildman–Crippen LogP) is 2.18. The molecule has 0 aromatic heterocycles. The van der Waals surface area contributed by atoms with Gasteiger partial charge in [0.15, 0.2) is 0 Å². The van der Waals surface area contributed by atoms with Gasteiger partial charge in [-0.05, 0) is 0 Å². The number of esters is 3. The summed E-state index contributed by atoms with van der Waals surface area (Å²) in [4.78, 5) is 34.1. The average molecular weight is 509 g/mol. The number of hydrogen-bond donors (Lipinski definition) is 0. The summed E-state index contributed by atoms with van der Waals surface area (Å²) in [6.07, 6.45) is 0.259. The van der Waals surface area contributed by atoms with Crippen molar-refractivity contribution in [2.24, 2.45) is 0 Å². The maximum Gasteiger partial charge on any atom is 0.474 e. The van der Waals surface area contributed by atoms with Crippen LogP contribution < -0.4 is 0 Å². The minimum absolute atomic E-state index is 0.0862. The number of phosphoric acid groups is 1. The minimum Gasteiger partial charge on any atom is -0.461 e. The summed E-state index contributed by atoms with van der Waals surface area (Å²) in [5.41, 5.74) is -1.12. The lowest BCUT2D eigenvalue weighted by Gasteiger charge is -2.18. The van der Waals surface area contributed by atoms with E-state index in [2.05, 4.69) is 19.7 Å². The number of rotatable bonds is 18. The zero-order valence-electron chi connectivity index (χ0n) is 18.9. The highest BCUT2D eigenvalue weighted by molar-refractivity contribution is 7.48. The van der Waals surface area contributed by atoms with Gasteiger partial charge in [-0.1, -0.05) is 19.7 Å². The molecule has 0 aromatic rings. The molecule has 0 heterocycles. The van der Waals surface area contributed by atoms with Crippen LogP contribution in [0.1, 0.15) is 19.3 Å². The molecule has 0 aliphatic rings. The number of phosphoric ester groups is 1. The van der Waals surface area contributed by atoms with Crippen molar-refractivity contribution in [2.75, 3.05) is 39.6 Å². The van der Waals surface area contributed by atoms with Crippen LogP contribution in [0.25, 0.3) is 0 Å². The summed E-state index contributed by atoms with van der Waals surface area (Å²) in [7, 11) is -4.12. The van der Waals surface area contributed by atoms with E-state index in [-0.39, 0.29) is 75.6 Å². The standard InChI is InChI=1S/C21H24N3O10P/c1-16(13-22)19(25)29-7-4-10-32-35(28,33-11-5-8-30-20(26)17(2)14-23)34-12-6-9-31-21(27)18(3)15-24/h1-12H2. The highest BCUT2D eigenvalue weighted by Crippen LogP contribution is 2.49. The molecule has 0 saturated carbocycles. The number of ether oxygens (including phenoxy) is 3. The Bertz CT molecular complexity index is 863. The van der Waals surface area contributed by atoms with Crippen molar-refractivity contribution in [3.05, 3.63) is 36.5 Å². The first kappa shape index (κ1) is 31.2. The number of carbonyl (C=O) groups is 3. The van der Waals surface area contributed by atoms with Gasteiger partial charge in [-0.2, -0.15) is 15.8 Å². The van der Waals surface area contributed by atoms with Crippen LogP contribution in [0, 0.1) is 34.0 Å². The second-order valence-electron chi connectivity index (χ2n) is 6.19. The van der Waals surface area contributed by atoms with Crippen LogP contribution in [0.2, 0.25) is 0 Å². The van der Waals surface area contributed by atoms with Crippen LogP contribution in [0.3, 0.4) is 0 Å². The molecule has 0 atom stereocenters. The molecule has 0 radical (unpaired) electrons. The maximum atomic E-state index is 12.8. The number of nitriles is 3. The molecule has 188 valence electrons. The largest absolute Gasteiger partial charge is 0.474 e. The topological polar surface area (TPSA) is 195 Å². The summed E-state index contributed by atoms with van der Waals surface area (Å²) in [6.45, 7) is 8.51. The van der Waals surface area contributed by atoms with Crippen molar-refractivity contribution >= 4 is 25.7 Å². The zero-order valence-corrected chi connectivity index (χ0v) is 19.8. The van der Waals surface area contributed by atoms with Crippen molar-refractivity contribution in [2.45, 2.75) is 19.3 Å². The Morgan fingerprint density at radius 3 is 1.06 bits per heavy atom. The van der Waals surface area contributed by atoms with Gasteiger partial charge in [0.1, 0.15) is 34.9 Å². The molecule has 0 fully saturated rings. The second-order valence-corrected chi connectivity index (χ2v) is 7.86. The van der Waals surface area contributed by atoms with Crippen molar-refractivity contribution in [3.8, 4) is 18.2 Å². The Balaban J connectivity index is 4.60. The van der Waals surface area contributed by atoms with E-state index < -0.39 is 25.7 Å². The smallest absolute Gasteiger partial charge is 0.461 e. The zero-order chi connectivity index (χ0) is 26.7. The van der Waals surface area contributed by atoms with Gasteiger partial charge in [0, 0.05) is 19.3 Å². The van der Waals surface area contributed by atoms with Crippen molar-refractivity contribution in [1.82, 2.24) is 0 Å². The summed E-state index contributed by atoms with van der Waals surface area (Å²) < 4.78 is 42.6. The van der Waals surface area contributed by atoms with Gasteiger partial charge < -0.3 is 14.2 Å². The quantitative estimate of drug-likeness (QED) is 0.0651. The van der Waals surface area contributed by atoms with Crippen LogP contribution in [0.15, 0.2) is 36.5 Å². The third kappa shape index (κ3) is 14.2. The van der Waals surface area contributed by atoms with E-state index in [0.29, 0.717) is 0 Å². The summed E-state index contributed by atoms with van der Waals surface area (Å²) >= 11 is 0. The predicted molar refractivity (Wildman–Crippen MR) is 116 cm³/mol. The van der Waals surface area contributed by atoms with Crippen molar-refractivity contribution in [3.63, 3.8) is 0 Å². The molecule has 0 unspecified atom stereocenters. The Kier molecular flexibility index (Phi) is 15.7. The molecule has 14 heteroatoms. The fourth-order valence-electron chi connectivity index (χ4n) is 1.71. The molecule has 0 rings (SSSR count). The summed E-state index contributed by atoms with van der Waals surface area (Å²) in [5, 5.41) is 25.7. The lowest BCUT2D eigenvalue weighted by molar-refractivity contribution is -0.139. The van der Waals surface area contributed by atoms with Crippen molar-refractivity contribution in [1.29, 1.82) is 15.8 Å². The van der Waals surface area contributed by atoms with E-state index in [1.165, 1.54) is 0 Å². The Labute approximate surface area is 202 Å². The van der Waals surface area contributed by atoms with Gasteiger partial charge in [-0.15, -0.1) is 0 Å². The molecule has 0 aliphatic heterocycles. The third-order valence-electron chi connectivity index (χ3n) is 3.46. The lowest BCUT2D eigenvalue weighted by Crippen LogP contribution is -2.12. The van der Waals surface area contributed by atoms with Crippen LogP contribution in [0.5, 0.6) is 0 Å². The van der Waals surface area contributed by atoms with Gasteiger partial charge in [0.05, 0.1) is 39.6 Å². The van der Waals surface area contributed by atoms with E-state index in [1.54, 1.807) is 18.2 Å². The SMILES string of the molecule is C=C(C#N)C(=O)OCCCOP(=O)(OCCCOC(=O)C(=C)C#N)OCCCOC(=O)C(=C)C#N. The Morgan fingerprint density at radius 1 is 0.571 bits per heavy atom. The van der Waals surface area contributed by atoms with Gasteiger partial charge in [-0.3, -0.25) is 13.6 Å². The van der Waals surface area contributed by atoms with E-state index in [1.807, 2.05) is 0 Å². The third-order valence-corrected chi connectivity index (χ3v) is 4.95. The number of carbonyl (C=O) groups excluding carboxylic acids is 3. The first-order valence-corrected chi connectivity index (χ1v) is 11.4. The number of hydrogen-bond acceptors (Lipinski definition) is 13. The van der Waals surface area contributed by atoms with Crippen molar-refractivity contribution < 1.29 is 46.7 Å². The van der Waals surface area contributed by atoms with E-state index >= 15 is 0 Å². The molecule has 35 heavy (non-hydrogen) atoms. The monoisotopic (exact) mass is 509 g/mol. The first-order chi connectivity index (χ1) is 16.6. The molecule has 0 amide bonds. The molecule has 13 nitrogen and oxygen atoms in total. The fraction of sp³-hybridized carbons (Fsp3) is 0.429. The highest BCUT2D eigenvalue weighted by Gasteiger charge is 2.26. The average Bonchev–Trinajstić information content (AvgIpc) is 2.85. The summed E-state index contributed by atoms with van der Waals surface area (Å²) in [6, 6.07) is 4.62. The van der Waals surface area contributed by atoms with Crippen LogP contribution >= 0.6 is 7.82 Å². The van der Waals surface area contributed by atoms with Gasteiger partial charge in [-0.25, -0.2) is 18.9 Å². The van der Waals surface area contributed by atoms with Crippen LogP contribution in [-0.4, -0.2) is 57.5 Å². The first-order valence-electron chi connectivity index (χ1n) is 9.92. The molecule has 0 bridgehead atoms. The van der Waals surface area contributed by atoms with E-state index in [0.717, 1.165) is 0 Å². The Hall–Kier alpha value is -3.79. The molecular weight excluding hydrogens is 485 g/mol. The molecule has 0 N–H and O–H groups in total. The molecular formula is C21H24N3O10P. The van der Waals surface area contributed by atoms with Gasteiger partial charge >= 0.3 is 25.7 Å². The molecule has 0 spiro atoms. The fourth-order valence-corrected chi connectivity index (χ4v) is 2.99. The molecule has 0 saturated heterocycles. The normalized spacial score (nSPS) is 10.1. The van der Waals surface area contributed by atoms with Crippen LogP contribution in [-0.2, 0) is 46.7 Å². The lowest BCUT2D eigenvalue weighted by atomic mass is 10.3. The van der Waals surface area contributed by atoms with E-state index in [4.69, 9.17) is 43.6 Å². The van der Waals surface area contributed by atoms with Gasteiger partial charge in [0.25, 0.3) is 0 Å². The number of nitrogens with zero attached hydrogens (tertiary/aromatic N) is 3. The van der Waals surface area contributed by atoms with E-state index in [9.17, 15) is 18.9 Å².